The molecule has 0 unspecified atom stereocenters. The molecule has 4 rings (SSSR count). The van der Waals surface area contributed by atoms with Gasteiger partial charge in [0.1, 0.15) is 0 Å². The van der Waals surface area contributed by atoms with Crippen LogP contribution in [-0.2, 0) is 19.4 Å². The van der Waals surface area contributed by atoms with Crippen molar-refractivity contribution in [2.75, 3.05) is 0 Å². The Bertz CT molecular complexity index is 899. The second-order valence-electron chi connectivity index (χ2n) is 12.6. The maximum Gasteiger partial charge on any atom is 1.00 e. The summed E-state index contributed by atoms with van der Waals surface area (Å²) in [4.78, 5) is 13.5. The monoisotopic (exact) mass is 502 g/mol. The summed E-state index contributed by atoms with van der Waals surface area (Å²) < 4.78 is 38.1. The molecule has 0 aromatic heterocycles. The van der Waals surface area contributed by atoms with Gasteiger partial charge < -0.3 is 4.55 Å². The molecule has 0 heterocycles. The van der Waals surface area contributed by atoms with E-state index in [2.05, 4.69) is 34.6 Å². The van der Waals surface area contributed by atoms with Crippen LogP contribution in [-0.4, -0.2) is 24.9 Å². The van der Waals surface area contributed by atoms with Crippen LogP contribution in [0.3, 0.4) is 0 Å². The Hall–Kier alpha value is 0.280. The fourth-order valence-electron chi connectivity index (χ4n) is 8.64. The average molecular weight is 503 g/mol. The van der Waals surface area contributed by atoms with E-state index in [-0.39, 0.29) is 52.1 Å². The standard InChI is InChI=1S/C27H44O5S.Na/c1-17(2)7-6-8-18(3)21-9-10-22-25-23(12-14-27(21,22)5)26(4)13-11-20(32-33(29,30)31)15-19(26)16-24(25)28;/h16-18,20-23,25H,6-15H2,1-5H3,(H,29,30,31);/q;+1/p-1/t18-,20+,21-,22+,23+,25+,26+,27-;/m1./s1. The van der Waals surface area contributed by atoms with Gasteiger partial charge in [-0.1, -0.05) is 59.5 Å². The second kappa shape index (κ2) is 10.6. The van der Waals surface area contributed by atoms with E-state index in [0.29, 0.717) is 36.5 Å². The Kier molecular flexibility index (Phi) is 8.97. The summed E-state index contributed by atoms with van der Waals surface area (Å²) in [5.74, 6) is 3.27. The quantitative estimate of drug-likeness (QED) is 0.304. The van der Waals surface area contributed by atoms with E-state index in [1.165, 1.54) is 32.1 Å². The number of hydrogen-bond acceptors (Lipinski definition) is 5. The molecule has 0 N–H and O–H groups in total. The van der Waals surface area contributed by atoms with Gasteiger partial charge in [-0.05, 0) is 91.4 Å². The minimum atomic E-state index is -4.73. The van der Waals surface area contributed by atoms with Gasteiger partial charge in [-0.3, -0.25) is 8.98 Å². The van der Waals surface area contributed by atoms with E-state index >= 15 is 0 Å². The van der Waals surface area contributed by atoms with Crippen LogP contribution in [0.4, 0.5) is 0 Å². The van der Waals surface area contributed by atoms with Gasteiger partial charge in [-0.15, -0.1) is 0 Å². The molecule has 188 valence electrons. The molecular weight excluding hydrogens is 459 g/mol. The SMILES string of the molecule is CC(C)CCC[C@@H](C)[C@H]1CC[C@H]2[C@@H]3C(=O)C=C4C[C@@H](OS(=O)(=O)[O-])CC[C@]4(C)[C@H]3CC[C@]12C.[Na+]. The van der Waals surface area contributed by atoms with Gasteiger partial charge in [0, 0.05) is 5.92 Å². The number of carbonyl (C=O) groups excluding carboxylic acids is 1. The van der Waals surface area contributed by atoms with Gasteiger partial charge in [0.2, 0.25) is 10.4 Å². The molecule has 3 fully saturated rings. The summed E-state index contributed by atoms with van der Waals surface area (Å²) in [6, 6.07) is 0. The molecule has 4 aliphatic carbocycles. The first-order valence-corrected chi connectivity index (χ1v) is 14.6. The third-order valence-corrected chi connectivity index (χ3v) is 10.9. The summed E-state index contributed by atoms with van der Waals surface area (Å²) in [7, 11) is -4.73. The molecule has 0 saturated heterocycles. The summed E-state index contributed by atoms with van der Waals surface area (Å²) in [5, 5.41) is 0. The minimum Gasteiger partial charge on any atom is -0.726 e. The third-order valence-electron chi connectivity index (χ3n) is 10.4. The number of carbonyl (C=O) groups is 1. The first kappa shape index (κ1) is 28.8. The summed E-state index contributed by atoms with van der Waals surface area (Å²) >= 11 is 0. The van der Waals surface area contributed by atoms with Crippen molar-refractivity contribution in [2.45, 2.75) is 105 Å². The maximum absolute atomic E-state index is 13.5. The van der Waals surface area contributed by atoms with E-state index in [0.717, 1.165) is 30.8 Å². The minimum absolute atomic E-state index is 0. The van der Waals surface area contributed by atoms with Gasteiger partial charge in [-0.2, -0.15) is 0 Å². The van der Waals surface area contributed by atoms with Gasteiger partial charge in [-0.25, -0.2) is 8.42 Å². The van der Waals surface area contributed by atoms with Crippen molar-refractivity contribution in [1.29, 1.82) is 0 Å². The number of allylic oxidation sites excluding steroid dienone is 1. The largest absolute Gasteiger partial charge is 1.00 e. The van der Waals surface area contributed by atoms with Crippen LogP contribution in [0.5, 0.6) is 0 Å². The molecule has 4 aliphatic rings. The maximum atomic E-state index is 13.5. The fourth-order valence-corrected chi connectivity index (χ4v) is 9.14. The van der Waals surface area contributed by atoms with Crippen molar-refractivity contribution in [1.82, 2.24) is 0 Å². The third kappa shape index (κ3) is 5.43. The molecular formula is C27H43NaO5S. The Morgan fingerprint density at radius 2 is 1.76 bits per heavy atom. The first-order chi connectivity index (χ1) is 15.3. The number of hydrogen-bond donors (Lipinski definition) is 0. The zero-order chi connectivity index (χ0) is 24.2. The zero-order valence-corrected chi connectivity index (χ0v) is 25.0. The molecule has 0 bridgehead atoms. The molecule has 7 heteroatoms. The van der Waals surface area contributed by atoms with E-state index in [9.17, 15) is 17.8 Å². The van der Waals surface area contributed by atoms with Crippen LogP contribution >= 0.6 is 0 Å². The van der Waals surface area contributed by atoms with E-state index in [1.807, 2.05) is 6.08 Å². The number of ketones is 1. The van der Waals surface area contributed by atoms with Gasteiger partial charge in [0.05, 0.1) is 6.10 Å². The van der Waals surface area contributed by atoms with Crippen molar-refractivity contribution < 1.29 is 51.5 Å². The summed E-state index contributed by atoms with van der Waals surface area (Å²) in [5.41, 5.74) is 1.16. The van der Waals surface area contributed by atoms with Crippen molar-refractivity contribution in [3.8, 4) is 0 Å². The fraction of sp³-hybridized carbons (Fsp3) is 0.889. The summed E-state index contributed by atoms with van der Waals surface area (Å²) in [6.07, 6.45) is 11.4. The first-order valence-electron chi connectivity index (χ1n) is 13.2. The van der Waals surface area contributed by atoms with E-state index < -0.39 is 16.5 Å². The molecule has 8 atom stereocenters. The van der Waals surface area contributed by atoms with Gasteiger partial charge >= 0.3 is 29.6 Å². The predicted octanol–water partition coefficient (Wildman–Crippen LogP) is 3.06. The van der Waals surface area contributed by atoms with Crippen LogP contribution in [0, 0.1) is 46.3 Å². The van der Waals surface area contributed by atoms with E-state index in [4.69, 9.17) is 4.18 Å². The Balaban J connectivity index is 0.00000324. The van der Waals surface area contributed by atoms with Crippen LogP contribution in [0.15, 0.2) is 11.6 Å². The molecule has 0 spiro atoms. The van der Waals surface area contributed by atoms with Crippen molar-refractivity contribution in [3.05, 3.63) is 11.6 Å². The Labute approximate surface area is 229 Å². The second-order valence-corrected chi connectivity index (χ2v) is 13.6. The molecule has 0 radical (unpaired) electrons. The molecule has 3 saturated carbocycles. The van der Waals surface area contributed by atoms with Gasteiger partial charge in [0.25, 0.3) is 0 Å². The normalized spacial score (nSPS) is 40.6. The molecule has 0 aromatic rings. The number of fused-ring (bicyclic) bond motifs is 5. The average Bonchev–Trinajstić information content (AvgIpc) is 3.05. The Morgan fingerprint density at radius 1 is 1.06 bits per heavy atom. The van der Waals surface area contributed by atoms with Crippen LogP contribution in [0.25, 0.3) is 0 Å². The Morgan fingerprint density at radius 3 is 2.41 bits per heavy atom. The van der Waals surface area contributed by atoms with Crippen LogP contribution in [0.2, 0.25) is 0 Å². The van der Waals surface area contributed by atoms with Crippen molar-refractivity contribution in [2.24, 2.45) is 46.3 Å². The summed E-state index contributed by atoms with van der Waals surface area (Å²) in [6.45, 7) is 11.8. The topological polar surface area (TPSA) is 83.5 Å². The van der Waals surface area contributed by atoms with Crippen LogP contribution in [0.1, 0.15) is 98.8 Å². The predicted molar refractivity (Wildman–Crippen MR) is 128 cm³/mol. The molecule has 34 heavy (non-hydrogen) atoms. The molecule has 0 aromatic carbocycles. The molecule has 5 nitrogen and oxygen atoms in total. The van der Waals surface area contributed by atoms with Crippen LogP contribution < -0.4 is 29.6 Å². The van der Waals surface area contributed by atoms with Crippen molar-refractivity contribution in [3.63, 3.8) is 0 Å². The van der Waals surface area contributed by atoms with E-state index in [1.54, 1.807) is 0 Å². The molecule has 0 aliphatic heterocycles. The van der Waals surface area contributed by atoms with Crippen molar-refractivity contribution >= 4 is 16.2 Å². The number of rotatable bonds is 7. The zero-order valence-electron chi connectivity index (χ0n) is 22.1. The van der Waals surface area contributed by atoms with Gasteiger partial charge in [0.15, 0.2) is 5.78 Å². The molecule has 0 amide bonds. The smallest absolute Gasteiger partial charge is 0.726 e.